The Kier molecular flexibility index (Phi) is 1.36. The van der Waals surface area contributed by atoms with Crippen LogP contribution >= 0.6 is 0 Å². The molecule has 2 N–H and O–H groups in total. The zero-order chi connectivity index (χ0) is 8.55. The summed E-state index contributed by atoms with van der Waals surface area (Å²) in [4.78, 5) is 3.98. The third-order valence-electron chi connectivity index (χ3n) is 1.41. The van der Waals surface area contributed by atoms with Gasteiger partial charge < -0.3 is 10.2 Å². The highest BCUT2D eigenvalue weighted by atomic mass is 16.4. The summed E-state index contributed by atoms with van der Waals surface area (Å²) < 4.78 is 6.71. The van der Waals surface area contributed by atoms with E-state index in [9.17, 15) is 0 Å². The Morgan fingerprint density at radius 2 is 2.42 bits per heavy atom. The Bertz CT molecular complexity index is 351. The SMILES string of the molecule is Cc1cnc(-n2ccc(N)n2)o1. The molecule has 12 heavy (non-hydrogen) atoms. The molecule has 0 bridgehead atoms. The van der Waals surface area contributed by atoms with Gasteiger partial charge in [-0.15, -0.1) is 5.10 Å². The van der Waals surface area contributed by atoms with E-state index in [2.05, 4.69) is 10.1 Å². The van der Waals surface area contributed by atoms with Crippen molar-refractivity contribution in [1.29, 1.82) is 0 Å². The molecule has 0 atom stereocenters. The normalized spacial score (nSPS) is 10.4. The molecule has 0 aliphatic rings. The van der Waals surface area contributed by atoms with Gasteiger partial charge in [0.15, 0.2) is 0 Å². The van der Waals surface area contributed by atoms with Crippen molar-refractivity contribution in [2.45, 2.75) is 6.92 Å². The number of hydrogen-bond donors (Lipinski definition) is 1. The predicted molar refractivity (Wildman–Crippen MR) is 42.8 cm³/mol. The molecule has 0 amide bonds. The molecule has 0 unspecified atom stereocenters. The summed E-state index contributed by atoms with van der Waals surface area (Å²) in [6.07, 6.45) is 3.33. The van der Waals surface area contributed by atoms with Crippen LogP contribution in [0.15, 0.2) is 22.9 Å². The highest BCUT2D eigenvalue weighted by Crippen LogP contribution is 2.07. The lowest BCUT2D eigenvalue weighted by Crippen LogP contribution is -1.95. The van der Waals surface area contributed by atoms with Crippen LogP contribution in [0.3, 0.4) is 0 Å². The van der Waals surface area contributed by atoms with Gasteiger partial charge in [0.1, 0.15) is 11.6 Å². The largest absolute Gasteiger partial charge is 0.427 e. The molecular formula is C7H8N4O. The van der Waals surface area contributed by atoms with E-state index in [1.165, 1.54) is 4.68 Å². The van der Waals surface area contributed by atoms with Crippen LogP contribution in [0, 0.1) is 6.92 Å². The van der Waals surface area contributed by atoms with E-state index in [0.29, 0.717) is 11.8 Å². The molecule has 62 valence electrons. The van der Waals surface area contributed by atoms with E-state index >= 15 is 0 Å². The van der Waals surface area contributed by atoms with Crippen LogP contribution in [0.1, 0.15) is 5.76 Å². The first kappa shape index (κ1) is 6.90. The fourth-order valence-electron chi connectivity index (χ4n) is 0.893. The van der Waals surface area contributed by atoms with Crippen LogP contribution in [0.25, 0.3) is 6.01 Å². The summed E-state index contributed by atoms with van der Waals surface area (Å²) in [5.41, 5.74) is 5.42. The predicted octanol–water partition coefficient (Wildman–Crippen LogP) is 0.751. The van der Waals surface area contributed by atoms with Crippen molar-refractivity contribution >= 4 is 5.82 Å². The molecule has 0 radical (unpaired) electrons. The quantitative estimate of drug-likeness (QED) is 0.675. The highest BCUT2D eigenvalue weighted by Gasteiger charge is 2.03. The summed E-state index contributed by atoms with van der Waals surface area (Å²) in [6, 6.07) is 2.11. The van der Waals surface area contributed by atoms with Gasteiger partial charge in [-0.3, -0.25) is 0 Å². The van der Waals surface area contributed by atoms with Crippen molar-refractivity contribution < 1.29 is 4.42 Å². The molecule has 5 heteroatoms. The highest BCUT2D eigenvalue weighted by molar-refractivity contribution is 5.26. The molecule has 0 fully saturated rings. The van der Waals surface area contributed by atoms with Crippen LogP contribution in [0.5, 0.6) is 0 Å². The molecule has 2 rings (SSSR count). The van der Waals surface area contributed by atoms with Crippen molar-refractivity contribution in [3.05, 3.63) is 24.2 Å². The molecule has 0 saturated heterocycles. The van der Waals surface area contributed by atoms with Gasteiger partial charge in [-0.1, -0.05) is 0 Å². The van der Waals surface area contributed by atoms with Crippen molar-refractivity contribution in [3.63, 3.8) is 0 Å². The smallest absolute Gasteiger partial charge is 0.322 e. The number of hydrogen-bond acceptors (Lipinski definition) is 4. The topological polar surface area (TPSA) is 69.9 Å². The number of oxazole rings is 1. The molecule has 2 aromatic heterocycles. The molecule has 0 aromatic carbocycles. The van der Waals surface area contributed by atoms with Gasteiger partial charge in [0.2, 0.25) is 0 Å². The van der Waals surface area contributed by atoms with E-state index in [0.717, 1.165) is 5.76 Å². The fourth-order valence-corrected chi connectivity index (χ4v) is 0.893. The molecule has 0 saturated carbocycles. The lowest BCUT2D eigenvalue weighted by Gasteiger charge is -1.90. The maximum Gasteiger partial charge on any atom is 0.322 e. The molecule has 0 aliphatic carbocycles. The molecule has 2 aromatic rings. The van der Waals surface area contributed by atoms with Gasteiger partial charge >= 0.3 is 6.01 Å². The fraction of sp³-hybridized carbons (Fsp3) is 0.143. The summed E-state index contributed by atoms with van der Waals surface area (Å²) in [6.45, 7) is 1.82. The number of aryl methyl sites for hydroxylation is 1. The minimum atomic E-state index is 0.434. The molecule has 0 spiro atoms. The summed E-state index contributed by atoms with van der Waals surface area (Å²) >= 11 is 0. The van der Waals surface area contributed by atoms with Gasteiger partial charge in [-0.05, 0) is 6.92 Å². The second-order valence-electron chi connectivity index (χ2n) is 2.44. The first-order valence-corrected chi connectivity index (χ1v) is 3.49. The van der Waals surface area contributed by atoms with E-state index < -0.39 is 0 Å². The molecule has 2 heterocycles. The monoisotopic (exact) mass is 164 g/mol. The summed E-state index contributed by atoms with van der Waals surface area (Å²) in [5, 5.41) is 3.93. The Labute approximate surface area is 68.8 Å². The van der Waals surface area contributed by atoms with Crippen molar-refractivity contribution in [2.24, 2.45) is 0 Å². The number of anilines is 1. The molecule has 0 aliphatic heterocycles. The van der Waals surface area contributed by atoms with E-state index in [1.807, 2.05) is 6.92 Å². The molecular weight excluding hydrogens is 156 g/mol. The minimum absolute atomic E-state index is 0.434. The standard InChI is InChI=1S/C7H8N4O/c1-5-4-9-7(12-5)11-3-2-6(8)10-11/h2-4H,1H3,(H2,8,10). The van der Waals surface area contributed by atoms with E-state index in [-0.39, 0.29) is 0 Å². The number of aromatic nitrogens is 3. The van der Waals surface area contributed by atoms with Crippen LogP contribution in [-0.2, 0) is 0 Å². The average Bonchev–Trinajstić information content (AvgIpc) is 2.58. The summed E-state index contributed by atoms with van der Waals surface area (Å²) in [5.74, 6) is 1.20. The maximum atomic E-state index is 5.42. The lowest BCUT2D eigenvalue weighted by atomic mass is 10.6. The first-order valence-electron chi connectivity index (χ1n) is 3.49. The second kappa shape index (κ2) is 2.37. The number of rotatable bonds is 1. The Morgan fingerprint density at radius 3 is 2.92 bits per heavy atom. The van der Waals surface area contributed by atoms with Crippen LogP contribution in [0.4, 0.5) is 5.82 Å². The third-order valence-corrected chi connectivity index (χ3v) is 1.41. The van der Waals surface area contributed by atoms with Crippen molar-refractivity contribution in [1.82, 2.24) is 14.8 Å². The maximum absolute atomic E-state index is 5.42. The Hall–Kier alpha value is -1.78. The van der Waals surface area contributed by atoms with Crippen LogP contribution in [0.2, 0.25) is 0 Å². The number of nitrogen functional groups attached to an aromatic ring is 1. The number of nitrogens with zero attached hydrogens (tertiary/aromatic N) is 3. The Morgan fingerprint density at radius 1 is 1.58 bits per heavy atom. The van der Waals surface area contributed by atoms with Gasteiger partial charge in [0, 0.05) is 12.3 Å². The van der Waals surface area contributed by atoms with Crippen molar-refractivity contribution in [3.8, 4) is 6.01 Å². The van der Waals surface area contributed by atoms with E-state index in [4.69, 9.17) is 10.2 Å². The van der Waals surface area contributed by atoms with Crippen LogP contribution in [-0.4, -0.2) is 14.8 Å². The average molecular weight is 164 g/mol. The molecule has 5 nitrogen and oxygen atoms in total. The van der Waals surface area contributed by atoms with Gasteiger partial charge in [-0.25, -0.2) is 0 Å². The zero-order valence-electron chi connectivity index (χ0n) is 6.56. The minimum Gasteiger partial charge on any atom is -0.427 e. The van der Waals surface area contributed by atoms with Crippen molar-refractivity contribution in [2.75, 3.05) is 5.73 Å². The van der Waals surface area contributed by atoms with Gasteiger partial charge in [0.25, 0.3) is 0 Å². The van der Waals surface area contributed by atoms with E-state index in [1.54, 1.807) is 18.5 Å². The van der Waals surface area contributed by atoms with Crippen LogP contribution < -0.4 is 5.73 Å². The Balaban J connectivity index is 2.43. The lowest BCUT2D eigenvalue weighted by molar-refractivity contribution is 0.487. The summed E-state index contributed by atoms with van der Waals surface area (Å²) in [7, 11) is 0. The van der Waals surface area contributed by atoms with Gasteiger partial charge in [0.05, 0.1) is 6.20 Å². The zero-order valence-corrected chi connectivity index (χ0v) is 6.56. The second-order valence-corrected chi connectivity index (χ2v) is 2.44. The first-order chi connectivity index (χ1) is 5.75. The van der Waals surface area contributed by atoms with Gasteiger partial charge in [-0.2, -0.15) is 9.67 Å². The number of nitrogens with two attached hydrogens (primary N) is 1. The third kappa shape index (κ3) is 1.05.